The van der Waals surface area contributed by atoms with Gasteiger partial charge < -0.3 is 19.3 Å². The van der Waals surface area contributed by atoms with Gasteiger partial charge in [-0.1, -0.05) is 60.7 Å². The summed E-state index contributed by atoms with van der Waals surface area (Å²) in [5, 5.41) is 10.1. The predicted molar refractivity (Wildman–Crippen MR) is 91.2 cm³/mol. The molecule has 0 bridgehead atoms. The summed E-state index contributed by atoms with van der Waals surface area (Å²) in [6.45, 7) is 1.53. The maximum absolute atomic E-state index is 10.1. The minimum Gasteiger partial charge on any atom is -0.374 e. The minimum atomic E-state index is -0.896. The molecule has 4 heteroatoms. The van der Waals surface area contributed by atoms with Crippen molar-refractivity contribution in [2.75, 3.05) is 6.61 Å². The van der Waals surface area contributed by atoms with Crippen LogP contribution < -0.4 is 0 Å². The monoisotopic (exact) mass is 328 g/mol. The molecule has 0 spiro atoms. The Morgan fingerprint density at radius 1 is 0.875 bits per heavy atom. The third kappa shape index (κ3) is 5.14. The number of aliphatic hydroxyl groups excluding tert-OH is 1. The zero-order valence-electron chi connectivity index (χ0n) is 13.7. The molecular formula is C20H24O4. The van der Waals surface area contributed by atoms with Gasteiger partial charge in [0.05, 0.1) is 25.9 Å². The first kappa shape index (κ1) is 17.1. The average Bonchev–Trinajstić information content (AvgIpc) is 2.63. The van der Waals surface area contributed by atoms with Gasteiger partial charge in [-0.3, -0.25) is 0 Å². The van der Waals surface area contributed by atoms with Crippen LogP contribution in [-0.4, -0.2) is 30.2 Å². The highest BCUT2D eigenvalue weighted by atomic mass is 16.6. The van der Waals surface area contributed by atoms with Crippen LogP contribution in [0.3, 0.4) is 0 Å². The minimum absolute atomic E-state index is 0.0831. The summed E-state index contributed by atoms with van der Waals surface area (Å²) in [5.74, 6) is 0. The smallest absolute Gasteiger partial charge is 0.181 e. The molecule has 1 fully saturated rings. The van der Waals surface area contributed by atoms with E-state index in [2.05, 4.69) is 0 Å². The van der Waals surface area contributed by atoms with E-state index in [1.54, 1.807) is 0 Å². The van der Waals surface area contributed by atoms with Crippen molar-refractivity contribution in [2.24, 2.45) is 0 Å². The molecule has 0 saturated carbocycles. The fourth-order valence-electron chi connectivity index (χ4n) is 2.79. The standard InChI is InChI=1S/C20H24O4/c21-20-19(23-14-17-9-5-2-6-10-17)12-11-18(24-20)15-22-13-16-7-3-1-4-8-16/h1-10,18-21H,11-15H2/t18-,19-,20-/m1/s1. The van der Waals surface area contributed by atoms with Crippen LogP contribution in [0, 0.1) is 0 Å². The SMILES string of the molecule is O[C@@H]1O[C@@H](COCc2ccccc2)CC[C@H]1OCc1ccccc1. The van der Waals surface area contributed by atoms with Crippen LogP contribution in [0.15, 0.2) is 60.7 Å². The second-order valence-electron chi connectivity index (χ2n) is 6.06. The summed E-state index contributed by atoms with van der Waals surface area (Å²) in [6.07, 6.45) is 0.335. The molecule has 0 amide bonds. The Morgan fingerprint density at radius 2 is 1.50 bits per heavy atom. The van der Waals surface area contributed by atoms with Crippen LogP contribution in [0.5, 0.6) is 0 Å². The number of aliphatic hydroxyl groups is 1. The van der Waals surface area contributed by atoms with Gasteiger partial charge >= 0.3 is 0 Å². The first-order chi connectivity index (χ1) is 11.8. The molecule has 4 nitrogen and oxygen atoms in total. The van der Waals surface area contributed by atoms with Gasteiger partial charge in [-0.15, -0.1) is 0 Å². The Kier molecular flexibility index (Phi) is 6.38. The molecule has 1 aliphatic rings. The first-order valence-electron chi connectivity index (χ1n) is 8.42. The van der Waals surface area contributed by atoms with E-state index in [4.69, 9.17) is 14.2 Å². The molecule has 24 heavy (non-hydrogen) atoms. The van der Waals surface area contributed by atoms with Crippen LogP contribution in [0.25, 0.3) is 0 Å². The largest absolute Gasteiger partial charge is 0.374 e. The summed E-state index contributed by atoms with van der Waals surface area (Å²) in [6, 6.07) is 20.0. The lowest BCUT2D eigenvalue weighted by Gasteiger charge is -2.33. The molecule has 2 aromatic rings. The van der Waals surface area contributed by atoms with Crippen molar-refractivity contribution < 1.29 is 19.3 Å². The Morgan fingerprint density at radius 3 is 2.12 bits per heavy atom. The van der Waals surface area contributed by atoms with Crippen LogP contribution in [-0.2, 0) is 27.4 Å². The van der Waals surface area contributed by atoms with Gasteiger partial charge in [0.15, 0.2) is 6.29 Å². The van der Waals surface area contributed by atoms with E-state index in [-0.39, 0.29) is 12.2 Å². The molecule has 2 aromatic carbocycles. The number of ether oxygens (including phenoxy) is 3. The van der Waals surface area contributed by atoms with Crippen molar-refractivity contribution in [3.63, 3.8) is 0 Å². The normalized spacial score (nSPS) is 24.0. The van der Waals surface area contributed by atoms with E-state index in [0.29, 0.717) is 19.8 Å². The lowest BCUT2D eigenvalue weighted by Crippen LogP contribution is -2.41. The van der Waals surface area contributed by atoms with Gasteiger partial charge in [0.25, 0.3) is 0 Å². The van der Waals surface area contributed by atoms with E-state index in [1.807, 2.05) is 60.7 Å². The number of hydrogen-bond donors (Lipinski definition) is 1. The van der Waals surface area contributed by atoms with Crippen molar-refractivity contribution in [1.29, 1.82) is 0 Å². The topological polar surface area (TPSA) is 47.9 Å². The zero-order valence-corrected chi connectivity index (χ0v) is 13.7. The molecular weight excluding hydrogens is 304 g/mol. The fourth-order valence-corrected chi connectivity index (χ4v) is 2.79. The second-order valence-corrected chi connectivity index (χ2v) is 6.06. The Bertz CT molecular complexity index is 587. The highest BCUT2D eigenvalue weighted by molar-refractivity contribution is 5.14. The third-order valence-electron chi connectivity index (χ3n) is 4.15. The number of rotatable bonds is 7. The van der Waals surface area contributed by atoms with Gasteiger partial charge in [-0.2, -0.15) is 0 Å². The van der Waals surface area contributed by atoms with E-state index in [1.165, 1.54) is 0 Å². The van der Waals surface area contributed by atoms with Crippen LogP contribution in [0.4, 0.5) is 0 Å². The highest BCUT2D eigenvalue weighted by Crippen LogP contribution is 2.22. The van der Waals surface area contributed by atoms with E-state index in [0.717, 1.165) is 24.0 Å². The molecule has 0 radical (unpaired) electrons. The summed E-state index contributed by atoms with van der Waals surface area (Å²) >= 11 is 0. The molecule has 0 unspecified atom stereocenters. The Hall–Kier alpha value is -1.72. The summed E-state index contributed by atoms with van der Waals surface area (Å²) < 4.78 is 17.1. The third-order valence-corrected chi connectivity index (χ3v) is 4.15. The van der Waals surface area contributed by atoms with Crippen molar-refractivity contribution >= 4 is 0 Å². The quantitative estimate of drug-likeness (QED) is 0.847. The predicted octanol–water partition coefficient (Wildman–Crippen LogP) is 3.29. The van der Waals surface area contributed by atoms with E-state index >= 15 is 0 Å². The molecule has 3 rings (SSSR count). The summed E-state index contributed by atoms with van der Waals surface area (Å²) in [7, 11) is 0. The molecule has 0 aromatic heterocycles. The van der Waals surface area contributed by atoms with Gasteiger partial charge in [-0.25, -0.2) is 0 Å². The summed E-state index contributed by atoms with van der Waals surface area (Å²) in [4.78, 5) is 0. The van der Waals surface area contributed by atoms with Crippen molar-refractivity contribution in [3.8, 4) is 0 Å². The van der Waals surface area contributed by atoms with Crippen LogP contribution in [0.1, 0.15) is 24.0 Å². The maximum Gasteiger partial charge on any atom is 0.181 e. The van der Waals surface area contributed by atoms with E-state index in [9.17, 15) is 5.11 Å². The average molecular weight is 328 g/mol. The lowest BCUT2D eigenvalue weighted by molar-refractivity contribution is -0.239. The van der Waals surface area contributed by atoms with E-state index < -0.39 is 6.29 Å². The van der Waals surface area contributed by atoms with Crippen molar-refractivity contribution in [1.82, 2.24) is 0 Å². The lowest BCUT2D eigenvalue weighted by atomic mass is 10.1. The fraction of sp³-hybridized carbons (Fsp3) is 0.400. The number of hydrogen-bond acceptors (Lipinski definition) is 4. The second kappa shape index (κ2) is 8.94. The first-order valence-corrected chi connectivity index (χ1v) is 8.42. The van der Waals surface area contributed by atoms with Gasteiger partial charge in [0.1, 0.15) is 6.10 Å². The molecule has 1 heterocycles. The molecule has 1 saturated heterocycles. The van der Waals surface area contributed by atoms with Gasteiger partial charge in [0, 0.05) is 0 Å². The molecule has 1 aliphatic heterocycles. The Labute approximate surface area is 143 Å². The maximum atomic E-state index is 10.1. The van der Waals surface area contributed by atoms with Crippen LogP contribution in [0.2, 0.25) is 0 Å². The van der Waals surface area contributed by atoms with Gasteiger partial charge in [-0.05, 0) is 24.0 Å². The highest BCUT2D eigenvalue weighted by Gasteiger charge is 2.30. The molecule has 1 N–H and O–H groups in total. The number of benzene rings is 2. The zero-order chi connectivity index (χ0) is 16.6. The van der Waals surface area contributed by atoms with Crippen molar-refractivity contribution in [3.05, 3.63) is 71.8 Å². The molecule has 3 atom stereocenters. The van der Waals surface area contributed by atoms with Crippen molar-refractivity contribution in [2.45, 2.75) is 44.6 Å². The van der Waals surface area contributed by atoms with Crippen LogP contribution >= 0.6 is 0 Å². The molecule has 128 valence electrons. The Balaban J connectivity index is 1.37. The summed E-state index contributed by atoms with van der Waals surface area (Å²) in [5.41, 5.74) is 2.23. The molecule has 0 aliphatic carbocycles. The van der Waals surface area contributed by atoms with Gasteiger partial charge in [0.2, 0.25) is 0 Å².